The lowest BCUT2D eigenvalue weighted by atomic mass is 9.86. The minimum absolute atomic E-state index is 0.107. The van der Waals surface area contributed by atoms with E-state index >= 15 is 0 Å². The lowest BCUT2D eigenvalue weighted by Gasteiger charge is -2.26. The zero-order chi connectivity index (χ0) is 13.9. The number of ether oxygens (including phenoxy) is 1. The van der Waals surface area contributed by atoms with Crippen molar-refractivity contribution in [1.82, 2.24) is 4.98 Å². The van der Waals surface area contributed by atoms with Crippen molar-refractivity contribution < 1.29 is 9.53 Å². The molecule has 1 fully saturated rings. The second-order valence-electron chi connectivity index (χ2n) is 5.44. The number of anilines is 1. The van der Waals surface area contributed by atoms with Crippen molar-refractivity contribution in [3.63, 3.8) is 0 Å². The monoisotopic (exact) mass is 272 g/mol. The molecule has 0 aliphatic heterocycles. The van der Waals surface area contributed by atoms with E-state index in [1.807, 2.05) is 30.5 Å². The number of benzene rings is 1. The number of carbonyl (C=O) groups is 1. The van der Waals surface area contributed by atoms with Crippen LogP contribution in [0.4, 0.5) is 5.69 Å². The van der Waals surface area contributed by atoms with Gasteiger partial charge in [-0.25, -0.2) is 0 Å². The third-order valence-electron chi connectivity index (χ3n) is 4.23. The Balaban J connectivity index is 1.69. The van der Waals surface area contributed by atoms with Gasteiger partial charge in [0.25, 0.3) is 0 Å². The van der Waals surface area contributed by atoms with Gasteiger partial charge < -0.3 is 15.0 Å². The maximum atomic E-state index is 12.4. The average molecular weight is 272 g/mol. The second kappa shape index (κ2) is 5.67. The highest BCUT2D eigenvalue weighted by atomic mass is 16.5. The smallest absolute Gasteiger partial charge is 0.227 e. The Kier molecular flexibility index (Phi) is 3.74. The topological polar surface area (TPSA) is 54.1 Å². The van der Waals surface area contributed by atoms with Crippen molar-refractivity contribution in [3.05, 3.63) is 30.5 Å². The van der Waals surface area contributed by atoms with Crippen LogP contribution >= 0.6 is 0 Å². The molecule has 1 heterocycles. The van der Waals surface area contributed by atoms with Gasteiger partial charge in [0.05, 0.1) is 11.8 Å². The Morgan fingerprint density at radius 3 is 2.80 bits per heavy atom. The van der Waals surface area contributed by atoms with E-state index in [0.717, 1.165) is 42.3 Å². The van der Waals surface area contributed by atoms with Crippen molar-refractivity contribution in [2.24, 2.45) is 5.92 Å². The maximum absolute atomic E-state index is 12.4. The highest BCUT2D eigenvalue weighted by molar-refractivity contribution is 6.02. The molecule has 1 aromatic heterocycles. The average Bonchev–Trinajstić information content (AvgIpc) is 2.97. The van der Waals surface area contributed by atoms with Crippen LogP contribution in [0.2, 0.25) is 0 Å². The molecule has 0 unspecified atom stereocenters. The maximum Gasteiger partial charge on any atom is 0.227 e. The van der Waals surface area contributed by atoms with Gasteiger partial charge >= 0.3 is 0 Å². The number of fused-ring (bicyclic) bond motifs is 1. The Morgan fingerprint density at radius 1 is 1.25 bits per heavy atom. The Hall–Kier alpha value is -1.81. The summed E-state index contributed by atoms with van der Waals surface area (Å²) in [4.78, 5) is 15.5. The summed E-state index contributed by atoms with van der Waals surface area (Å²) in [5.74, 6) is 0.240. The molecule has 0 radical (unpaired) electrons. The standard InChI is InChI=1S/C16H20N2O2/c1-20-12-7-5-11(6-8-12)16(19)18-15-4-2-3-14-13(15)9-10-17-14/h2-4,9-12,17H,5-8H2,1H3,(H,18,19). The molecule has 106 valence electrons. The van der Waals surface area contributed by atoms with Crippen molar-refractivity contribution in [1.29, 1.82) is 0 Å². The van der Waals surface area contributed by atoms with Crippen LogP contribution in [-0.2, 0) is 9.53 Å². The van der Waals surface area contributed by atoms with Gasteiger partial charge in [0.1, 0.15) is 0 Å². The minimum atomic E-state index is 0.107. The summed E-state index contributed by atoms with van der Waals surface area (Å²) < 4.78 is 5.35. The first-order valence-electron chi connectivity index (χ1n) is 7.17. The van der Waals surface area contributed by atoms with Crippen LogP contribution < -0.4 is 5.32 Å². The summed E-state index contributed by atoms with van der Waals surface area (Å²) in [6.07, 6.45) is 5.99. The molecule has 0 atom stereocenters. The zero-order valence-electron chi connectivity index (χ0n) is 11.7. The molecule has 0 spiro atoms. The quantitative estimate of drug-likeness (QED) is 0.900. The molecule has 0 saturated heterocycles. The summed E-state index contributed by atoms with van der Waals surface area (Å²) >= 11 is 0. The van der Waals surface area contributed by atoms with Crippen LogP contribution in [0.3, 0.4) is 0 Å². The molecule has 2 N–H and O–H groups in total. The van der Waals surface area contributed by atoms with Crippen LogP contribution in [-0.4, -0.2) is 24.1 Å². The predicted molar refractivity (Wildman–Crippen MR) is 79.7 cm³/mol. The molecule has 4 heteroatoms. The predicted octanol–water partition coefficient (Wildman–Crippen LogP) is 3.31. The molecule has 1 aromatic carbocycles. The number of hydrogen-bond acceptors (Lipinski definition) is 2. The van der Waals surface area contributed by atoms with Gasteiger partial charge in [-0.15, -0.1) is 0 Å². The van der Waals surface area contributed by atoms with Gasteiger partial charge in [0.2, 0.25) is 5.91 Å². The molecule has 3 rings (SSSR count). The number of aromatic nitrogens is 1. The van der Waals surface area contributed by atoms with E-state index in [1.54, 1.807) is 7.11 Å². The van der Waals surface area contributed by atoms with E-state index in [0.29, 0.717) is 6.10 Å². The van der Waals surface area contributed by atoms with E-state index in [2.05, 4.69) is 10.3 Å². The van der Waals surface area contributed by atoms with Crippen LogP contribution in [0.5, 0.6) is 0 Å². The molecule has 0 bridgehead atoms. The van der Waals surface area contributed by atoms with E-state index in [1.165, 1.54) is 0 Å². The highest BCUT2D eigenvalue weighted by Gasteiger charge is 2.26. The van der Waals surface area contributed by atoms with Gasteiger partial charge in [0, 0.05) is 30.1 Å². The van der Waals surface area contributed by atoms with Gasteiger partial charge in [0.15, 0.2) is 0 Å². The van der Waals surface area contributed by atoms with Crippen LogP contribution in [0.15, 0.2) is 30.5 Å². The molecule has 4 nitrogen and oxygen atoms in total. The first-order chi connectivity index (χ1) is 9.78. The number of nitrogens with one attached hydrogen (secondary N) is 2. The Labute approximate surface area is 118 Å². The number of methoxy groups -OCH3 is 1. The summed E-state index contributed by atoms with van der Waals surface area (Å²) in [5, 5.41) is 4.14. The fourth-order valence-corrected chi connectivity index (χ4v) is 2.99. The van der Waals surface area contributed by atoms with Gasteiger partial charge in [-0.05, 0) is 43.9 Å². The van der Waals surface area contributed by atoms with Crippen LogP contribution in [0.25, 0.3) is 10.9 Å². The summed E-state index contributed by atoms with van der Waals surface area (Å²) in [7, 11) is 1.75. The van der Waals surface area contributed by atoms with E-state index in [4.69, 9.17) is 4.74 Å². The van der Waals surface area contributed by atoms with E-state index < -0.39 is 0 Å². The van der Waals surface area contributed by atoms with Gasteiger partial charge in [-0.3, -0.25) is 4.79 Å². The van der Waals surface area contributed by atoms with Crippen molar-refractivity contribution in [2.75, 3.05) is 12.4 Å². The number of rotatable bonds is 3. The molecule has 2 aromatic rings. The van der Waals surface area contributed by atoms with Crippen molar-refractivity contribution in [2.45, 2.75) is 31.8 Å². The Morgan fingerprint density at radius 2 is 2.05 bits per heavy atom. The summed E-state index contributed by atoms with van der Waals surface area (Å²) in [6, 6.07) is 7.91. The molecular formula is C16H20N2O2. The highest BCUT2D eigenvalue weighted by Crippen LogP contribution is 2.28. The minimum Gasteiger partial charge on any atom is -0.381 e. The third kappa shape index (κ3) is 2.56. The van der Waals surface area contributed by atoms with Gasteiger partial charge in [-0.1, -0.05) is 6.07 Å². The van der Waals surface area contributed by atoms with E-state index in [9.17, 15) is 4.79 Å². The Bertz CT molecular complexity index is 597. The number of aromatic amines is 1. The largest absolute Gasteiger partial charge is 0.381 e. The molecule has 1 amide bonds. The molecule has 1 aliphatic rings. The first-order valence-corrected chi connectivity index (χ1v) is 7.17. The molecule has 1 aliphatic carbocycles. The first kappa shape index (κ1) is 13.2. The molecular weight excluding hydrogens is 252 g/mol. The van der Waals surface area contributed by atoms with Crippen LogP contribution in [0, 0.1) is 5.92 Å². The SMILES string of the molecule is COC1CCC(C(=O)Nc2cccc3[nH]ccc23)CC1. The second-order valence-corrected chi connectivity index (χ2v) is 5.44. The number of H-pyrrole nitrogens is 1. The number of amides is 1. The van der Waals surface area contributed by atoms with Crippen molar-refractivity contribution in [3.8, 4) is 0 Å². The van der Waals surface area contributed by atoms with Crippen molar-refractivity contribution >= 4 is 22.5 Å². The summed E-state index contributed by atoms with van der Waals surface area (Å²) in [5.41, 5.74) is 1.94. The fourth-order valence-electron chi connectivity index (χ4n) is 2.99. The lowest BCUT2D eigenvalue weighted by molar-refractivity contribution is -0.121. The van der Waals surface area contributed by atoms with Gasteiger partial charge in [-0.2, -0.15) is 0 Å². The fraction of sp³-hybridized carbons (Fsp3) is 0.438. The summed E-state index contributed by atoms with van der Waals surface area (Å²) in [6.45, 7) is 0. The third-order valence-corrected chi connectivity index (χ3v) is 4.23. The van der Waals surface area contributed by atoms with Crippen LogP contribution in [0.1, 0.15) is 25.7 Å². The number of carbonyl (C=O) groups excluding carboxylic acids is 1. The molecule has 20 heavy (non-hydrogen) atoms. The zero-order valence-corrected chi connectivity index (χ0v) is 11.7. The molecule has 1 saturated carbocycles. The number of hydrogen-bond donors (Lipinski definition) is 2. The normalized spacial score (nSPS) is 22.9. The lowest BCUT2D eigenvalue weighted by Crippen LogP contribution is -2.29. The van der Waals surface area contributed by atoms with E-state index in [-0.39, 0.29) is 11.8 Å².